The Balaban J connectivity index is 1.78. The number of pyridine rings is 1. The molecule has 0 spiro atoms. The van der Waals surface area contributed by atoms with Crippen molar-refractivity contribution in [1.29, 1.82) is 0 Å². The molecule has 2 aliphatic carbocycles. The number of hydrogen-bond acceptors (Lipinski definition) is 6. The van der Waals surface area contributed by atoms with E-state index in [1.165, 1.54) is 0 Å². The van der Waals surface area contributed by atoms with Gasteiger partial charge in [0.1, 0.15) is 11.4 Å². The molecular formula is C24H28N2O5. The van der Waals surface area contributed by atoms with E-state index in [2.05, 4.69) is 4.98 Å². The van der Waals surface area contributed by atoms with E-state index in [-0.39, 0.29) is 37.6 Å². The monoisotopic (exact) mass is 424 g/mol. The summed E-state index contributed by atoms with van der Waals surface area (Å²) in [5.74, 6) is -0.380. The number of nitrogens with zero attached hydrogens (tertiary/aromatic N) is 1. The van der Waals surface area contributed by atoms with Crippen molar-refractivity contribution in [2.24, 2.45) is 11.7 Å². The van der Waals surface area contributed by atoms with Gasteiger partial charge in [-0.2, -0.15) is 0 Å². The number of primary amides is 1. The van der Waals surface area contributed by atoms with Gasteiger partial charge < -0.3 is 20.7 Å². The molecule has 0 saturated heterocycles. The summed E-state index contributed by atoms with van der Waals surface area (Å²) in [5, 5.41) is 23.2. The number of benzene rings is 1. The Morgan fingerprint density at radius 1 is 1.29 bits per heavy atom. The van der Waals surface area contributed by atoms with Crippen LogP contribution in [0.1, 0.15) is 61.1 Å². The predicted octanol–water partition coefficient (Wildman–Crippen LogP) is 2.23. The second-order valence-corrected chi connectivity index (χ2v) is 9.03. The lowest BCUT2D eigenvalue weighted by molar-refractivity contribution is -0.205. The first-order valence-corrected chi connectivity index (χ1v) is 10.6. The number of rotatable bonds is 5. The van der Waals surface area contributed by atoms with Crippen LogP contribution in [0.2, 0.25) is 0 Å². The van der Waals surface area contributed by atoms with Crippen LogP contribution in [0.15, 0.2) is 42.6 Å². The van der Waals surface area contributed by atoms with E-state index in [0.717, 1.165) is 5.56 Å². The number of nitrogens with two attached hydrogens (primary N) is 1. The number of aromatic nitrogens is 1. The third-order valence-corrected chi connectivity index (χ3v) is 7.23. The largest absolute Gasteiger partial charge is 0.484 e. The van der Waals surface area contributed by atoms with Crippen molar-refractivity contribution in [3.63, 3.8) is 0 Å². The standard InChI is InChI=1S/C24H28N2O5/c1-3-23-14-22(2,29)24(30,20-6-4-5-9-26-20)12-15(23)10-19(27)17-11-16(7-8-18(17)23)31-13-21(25)28/h4-9,11,15,29-30H,3,10,12-14H2,1-2H3,(H2,25,28)/t15-,22?,23-,24?/m1/s1. The zero-order valence-electron chi connectivity index (χ0n) is 17.8. The molecule has 4 N–H and O–H groups in total. The van der Waals surface area contributed by atoms with E-state index >= 15 is 0 Å². The summed E-state index contributed by atoms with van der Waals surface area (Å²) < 4.78 is 5.39. The van der Waals surface area contributed by atoms with Crippen LogP contribution < -0.4 is 10.5 Å². The first kappa shape index (κ1) is 21.5. The second-order valence-electron chi connectivity index (χ2n) is 9.03. The molecule has 2 unspecified atom stereocenters. The van der Waals surface area contributed by atoms with E-state index in [1.54, 1.807) is 43.5 Å². The van der Waals surface area contributed by atoms with Crippen LogP contribution in [-0.2, 0) is 15.8 Å². The highest BCUT2D eigenvalue weighted by Gasteiger charge is 2.62. The number of ketones is 1. The number of hydrogen-bond donors (Lipinski definition) is 3. The van der Waals surface area contributed by atoms with Crippen LogP contribution in [0.3, 0.4) is 0 Å². The van der Waals surface area contributed by atoms with Gasteiger partial charge in [0.05, 0.1) is 11.3 Å². The summed E-state index contributed by atoms with van der Waals surface area (Å²) >= 11 is 0. The van der Waals surface area contributed by atoms with Gasteiger partial charge in [0, 0.05) is 23.6 Å². The topological polar surface area (TPSA) is 123 Å². The first-order chi connectivity index (χ1) is 14.6. The summed E-state index contributed by atoms with van der Waals surface area (Å²) in [6.07, 6.45) is 3.07. The van der Waals surface area contributed by atoms with E-state index < -0.39 is 22.5 Å². The molecule has 7 heteroatoms. The summed E-state index contributed by atoms with van der Waals surface area (Å²) in [6, 6.07) is 10.5. The van der Waals surface area contributed by atoms with E-state index in [9.17, 15) is 19.8 Å². The molecule has 1 saturated carbocycles. The van der Waals surface area contributed by atoms with E-state index in [0.29, 0.717) is 23.4 Å². The number of fused-ring (bicyclic) bond motifs is 3. The highest BCUT2D eigenvalue weighted by molar-refractivity contribution is 6.00. The van der Waals surface area contributed by atoms with Crippen molar-refractivity contribution < 1.29 is 24.5 Å². The lowest BCUT2D eigenvalue weighted by Crippen LogP contribution is -2.62. The predicted molar refractivity (Wildman–Crippen MR) is 114 cm³/mol. The average molecular weight is 424 g/mol. The Kier molecular flexibility index (Phi) is 5.14. The molecule has 1 aromatic heterocycles. The molecule has 0 aliphatic heterocycles. The van der Waals surface area contributed by atoms with Crippen LogP contribution in [-0.4, -0.2) is 39.1 Å². The summed E-state index contributed by atoms with van der Waals surface area (Å²) in [6.45, 7) is 3.43. The van der Waals surface area contributed by atoms with Crippen molar-refractivity contribution >= 4 is 11.7 Å². The zero-order chi connectivity index (χ0) is 22.4. The van der Waals surface area contributed by atoms with Gasteiger partial charge in [-0.05, 0) is 61.9 Å². The van der Waals surface area contributed by atoms with Crippen molar-refractivity contribution in [2.75, 3.05) is 6.61 Å². The Hall–Kier alpha value is -2.77. The minimum absolute atomic E-state index is 0.0430. The number of Topliss-reactive ketones (excluding diaryl/α,β-unsaturated/α-hetero) is 1. The van der Waals surface area contributed by atoms with Crippen LogP contribution in [0.25, 0.3) is 0 Å². The molecule has 4 rings (SSSR count). The molecule has 7 nitrogen and oxygen atoms in total. The van der Waals surface area contributed by atoms with Crippen LogP contribution >= 0.6 is 0 Å². The minimum atomic E-state index is -1.56. The third kappa shape index (κ3) is 3.32. The maximum Gasteiger partial charge on any atom is 0.255 e. The Morgan fingerprint density at radius 2 is 2.06 bits per heavy atom. The van der Waals surface area contributed by atoms with Crippen molar-refractivity contribution in [1.82, 2.24) is 4.98 Å². The third-order valence-electron chi connectivity index (χ3n) is 7.23. The van der Waals surface area contributed by atoms with Gasteiger partial charge in [-0.25, -0.2) is 0 Å². The van der Waals surface area contributed by atoms with Gasteiger partial charge in [0.15, 0.2) is 12.4 Å². The number of amides is 1. The number of carbonyl (C=O) groups is 2. The Labute approximate surface area is 181 Å². The molecule has 1 fully saturated rings. The summed E-state index contributed by atoms with van der Waals surface area (Å²) in [7, 11) is 0. The second kappa shape index (κ2) is 7.43. The van der Waals surface area contributed by atoms with Crippen molar-refractivity contribution in [3.05, 3.63) is 59.4 Å². The maximum atomic E-state index is 13.1. The smallest absolute Gasteiger partial charge is 0.255 e. The highest BCUT2D eigenvalue weighted by atomic mass is 16.5. The summed E-state index contributed by atoms with van der Waals surface area (Å²) in [4.78, 5) is 28.4. The number of ether oxygens (including phenoxy) is 1. The fraction of sp³-hybridized carbons (Fsp3) is 0.458. The fourth-order valence-electron chi connectivity index (χ4n) is 5.62. The summed E-state index contributed by atoms with van der Waals surface area (Å²) in [5.41, 5.74) is 3.48. The lowest BCUT2D eigenvalue weighted by atomic mass is 9.49. The number of carbonyl (C=O) groups excluding carboxylic acids is 2. The molecule has 31 heavy (non-hydrogen) atoms. The fourth-order valence-corrected chi connectivity index (χ4v) is 5.62. The SMILES string of the molecule is CC[C@@]12CC(C)(O)C(O)(c3ccccn3)C[C@H]1CC(=O)c1cc(OCC(N)=O)ccc12. The van der Waals surface area contributed by atoms with E-state index in [1.807, 2.05) is 13.0 Å². The van der Waals surface area contributed by atoms with Gasteiger partial charge in [-0.1, -0.05) is 19.1 Å². The van der Waals surface area contributed by atoms with Gasteiger partial charge >= 0.3 is 0 Å². The minimum Gasteiger partial charge on any atom is -0.484 e. The van der Waals surface area contributed by atoms with Crippen LogP contribution in [0.5, 0.6) is 5.75 Å². The van der Waals surface area contributed by atoms with Gasteiger partial charge in [0.25, 0.3) is 5.91 Å². The lowest BCUT2D eigenvalue weighted by Gasteiger charge is -2.58. The van der Waals surface area contributed by atoms with Crippen molar-refractivity contribution in [3.8, 4) is 5.75 Å². The average Bonchev–Trinajstić information content (AvgIpc) is 2.74. The molecular weight excluding hydrogens is 396 g/mol. The van der Waals surface area contributed by atoms with Crippen molar-refractivity contribution in [2.45, 2.75) is 56.1 Å². The van der Waals surface area contributed by atoms with Gasteiger partial charge in [-0.15, -0.1) is 0 Å². The molecule has 0 bridgehead atoms. The molecule has 164 valence electrons. The molecule has 2 aromatic rings. The molecule has 2 aliphatic rings. The van der Waals surface area contributed by atoms with Crippen LogP contribution in [0, 0.1) is 5.92 Å². The maximum absolute atomic E-state index is 13.1. The Bertz CT molecular complexity index is 1020. The first-order valence-electron chi connectivity index (χ1n) is 10.6. The van der Waals surface area contributed by atoms with Crippen LogP contribution in [0.4, 0.5) is 0 Å². The molecule has 1 aromatic carbocycles. The quantitative estimate of drug-likeness (QED) is 0.676. The molecule has 0 radical (unpaired) electrons. The molecule has 1 heterocycles. The van der Waals surface area contributed by atoms with E-state index in [4.69, 9.17) is 10.5 Å². The zero-order valence-corrected chi connectivity index (χ0v) is 17.8. The van der Waals surface area contributed by atoms with Gasteiger partial charge in [0.2, 0.25) is 0 Å². The van der Waals surface area contributed by atoms with Gasteiger partial charge in [-0.3, -0.25) is 14.6 Å². The number of aliphatic hydroxyl groups is 2. The molecule has 4 atom stereocenters. The Morgan fingerprint density at radius 3 is 2.71 bits per heavy atom. The molecule has 1 amide bonds. The normalized spacial score (nSPS) is 32.1. The highest BCUT2D eigenvalue weighted by Crippen LogP contribution is 2.59.